The first kappa shape index (κ1) is 13.7. The van der Waals surface area contributed by atoms with Crippen molar-refractivity contribution in [2.45, 2.75) is 32.7 Å². The van der Waals surface area contributed by atoms with E-state index in [0.29, 0.717) is 11.8 Å². The second kappa shape index (κ2) is 5.95. The minimum atomic E-state index is -0.461. The zero-order valence-electron chi connectivity index (χ0n) is 11.6. The highest BCUT2D eigenvalue weighted by atomic mass is 16.5. The van der Waals surface area contributed by atoms with Crippen molar-refractivity contribution in [2.24, 2.45) is 17.6 Å². The number of anilines is 1. The molecule has 1 aromatic rings. The Morgan fingerprint density at radius 3 is 2.84 bits per heavy atom. The van der Waals surface area contributed by atoms with Gasteiger partial charge in [-0.1, -0.05) is 19.9 Å². The number of ether oxygens (including phenoxy) is 1. The number of nitrogens with one attached hydrogen (secondary N) is 1. The maximum atomic E-state index is 10.7. The maximum absolute atomic E-state index is 10.7. The first-order chi connectivity index (χ1) is 9.04. The summed E-state index contributed by atoms with van der Waals surface area (Å²) >= 11 is 0. The third kappa shape index (κ3) is 3.88. The lowest BCUT2D eigenvalue weighted by atomic mass is 9.73. The van der Waals surface area contributed by atoms with Crippen LogP contribution in [0, 0.1) is 11.8 Å². The molecule has 0 bridgehead atoms. The van der Waals surface area contributed by atoms with Crippen LogP contribution in [0.2, 0.25) is 0 Å². The van der Waals surface area contributed by atoms with Crippen LogP contribution in [-0.4, -0.2) is 18.6 Å². The fraction of sp³-hybridized carbons (Fsp3) is 0.533. The highest BCUT2D eigenvalue weighted by Gasteiger charge is 2.30. The molecule has 1 saturated carbocycles. The molecule has 104 valence electrons. The summed E-state index contributed by atoms with van der Waals surface area (Å²) in [7, 11) is 0. The van der Waals surface area contributed by atoms with E-state index in [4.69, 9.17) is 10.5 Å². The van der Waals surface area contributed by atoms with E-state index in [-0.39, 0.29) is 6.61 Å². The molecule has 0 unspecified atom stereocenters. The van der Waals surface area contributed by atoms with E-state index >= 15 is 0 Å². The first-order valence-electron chi connectivity index (χ1n) is 6.82. The summed E-state index contributed by atoms with van der Waals surface area (Å²) in [4.78, 5) is 10.7. The molecule has 0 spiro atoms. The van der Waals surface area contributed by atoms with Gasteiger partial charge in [0.2, 0.25) is 0 Å². The number of hydrogen-bond acceptors (Lipinski definition) is 3. The highest BCUT2D eigenvalue weighted by Crippen LogP contribution is 2.35. The fourth-order valence-corrected chi connectivity index (χ4v) is 2.39. The van der Waals surface area contributed by atoms with Gasteiger partial charge in [-0.25, -0.2) is 0 Å². The van der Waals surface area contributed by atoms with Gasteiger partial charge in [-0.05, 0) is 36.8 Å². The minimum absolute atomic E-state index is 0.0810. The number of benzene rings is 1. The van der Waals surface area contributed by atoms with E-state index < -0.39 is 5.91 Å². The van der Waals surface area contributed by atoms with Crippen LogP contribution in [0.4, 0.5) is 5.69 Å². The van der Waals surface area contributed by atoms with Gasteiger partial charge in [0.1, 0.15) is 5.75 Å². The van der Waals surface area contributed by atoms with Crippen molar-refractivity contribution in [1.29, 1.82) is 0 Å². The largest absolute Gasteiger partial charge is 0.484 e. The zero-order chi connectivity index (χ0) is 13.8. The first-order valence-corrected chi connectivity index (χ1v) is 6.82. The fourth-order valence-electron chi connectivity index (χ4n) is 2.39. The average Bonchev–Trinajstić information content (AvgIpc) is 2.31. The molecule has 1 aromatic carbocycles. The molecular formula is C15H22N2O2. The maximum Gasteiger partial charge on any atom is 0.255 e. The number of carbonyl (C=O) groups excluding carboxylic acids is 1. The van der Waals surface area contributed by atoms with Gasteiger partial charge >= 0.3 is 0 Å². The summed E-state index contributed by atoms with van der Waals surface area (Å²) in [5.74, 6) is 1.82. The molecule has 0 radical (unpaired) electrons. The van der Waals surface area contributed by atoms with Crippen LogP contribution in [0.15, 0.2) is 24.3 Å². The van der Waals surface area contributed by atoms with Crippen LogP contribution in [0.3, 0.4) is 0 Å². The Labute approximate surface area is 114 Å². The number of amides is 1. The van der Waals surface area contributed by atoms with Crippen LogP contribution < -0.4 is 15.8 Å². The predicted octanol–water partition coefficient (Wildman–Crippen LogP) is 2.40. The van der Waals surface area contributed by atoms with E-state index in [9.17, 15) is 4.79 Å². The molecule has 3 N–H and O–H groups in total. The SMILES string of the molecule is CC(C)C1CC(Nc2cccc(OCC(N)=O)c2)C1. The number of rotatable bonds is 6. The lowest BCUT2D eigenvalue weighted by Gasteiger charge is -2.39. The molecular weight excluding hydrogens is 240 g/mol. The third-order valence-electron chi connectivity index (χ3n) is 3.70. The van der Waals surface area contributed by atoms with E-state index in [0.717, 1.165) is 17.5 Å². The second-order valence-electron chi connectivity index (χ2n) is 5.60. The molecule has 1 fully saturated rings. The molecule has 4 nitrogen and oxygen atoms in total. The molecule has 2 rings (SSSR count). The van der Waals surface area contributed by atoms with Crippen molar-refractivity contribution in [3.8, 4) is 5.75 Å². The summed E-state index contributed by atoms with van der Waals surface area (Å²) in [6, 6.07) is 8.22. The Bertz CT molecular complexity index is 440. The van der Waals surface area contributed by atoms with E-state index in [1.54, 1.807) is 0 Å². The normalized spacial score (nSPS) is 21.8. The van der Waals surface area contributed by atoms with Crippen LogP contribution in [0.5, 0.6) is 5.75 Å². The van der Waals surface area contributed by atoms with Crippen LogP contribution in [-0.2, 0) is 4.79 Å². The Balaban J connectivity index is 1.84. The summed E-state index contributed by atoms with van der Waals surface area (Å²) in [6.45, 7) is 4.47. The molecule has 1 aliphatic rings. The topological polar surface area (TPSA) is 64.3 Å². The van der Waals surface area contributed by atoms with Gasteiger partial charge in [-0.3, -0.25) is 4.79 Å². The number of primary amides is 1. The van der Waals surface area contributed by atoms with Crippen LogP contribution in [0.1, 0.15) is 26.7 Å². The summed E-state index contributed by atoms with van der Waals surface area (Å²) in [5.41, 5.74) is 6.09. The van der Waals surface area contributed by atoms with E-state index in [2.05, 4.69) is 19.2 Å². The lowest BCUT2D eigenvalue weighted by molar-refractivity contribution is -0.119. The van der Waals surface area contributed by atoms with Crippen molar-refractivity contribution >= 4 is 11.6 Å². The molecule has 19 heavy (non-hydrogen) atoms. The quantitative estimate of drug-likeness (QED) is 0.827. The highest BCUT2D eigenvalue weighted by molar-refractivity contribution is 5.75. The minimum Gasteiger partial charge on any atom is -0.484 e. The van der Waals surface area contributed by atoms with Crippen LogP contribution >= 0.6 is 0 Å². The van der Waals surface area contributed by atoms with Gasteiger partial charge in [-0.2, -0.15) is 0 Å². The molecule has 0 heterocycles. The van der Waals surface area contributed by atoms with Crippen molar-refractivity contribution < 1.29 is 9.53 Å². The van der Waals surface area contributed by atoms with Crippen molar-refractivity contribution in [1.82, 2.24) is 0 Å². The zero-order valence-corrected chi connectivity index (χ0v) is 11.6. The Hall–Kier alpha value is -1.71. The number of nitrogens with two attached hydrogens (primary N) is 1. The molecule has 0 atom stereocenters. The van der Waals surface area contributed by atoms with Gasteiger partial charge in [0, 0.05) is 17.8 Å². The van der Waals surface area contributed by atoms with E-state index in [1.165, 1.54) is 12.8 Å². The summed E-state index contributed by atoms with van der Waals surface area (Å²) in [5, 5.41) is 3.50. The third-order valence-corrected chi connectivity index (χ3v) is 3.70. The standard InChI is InChI=1S/C15H22N2O2/c1-10(2)11-6-13(7-11)17-12-4-3-5-14(8-12)19-9-15(16)18/h3-5,8,10-11,13,17H,6-7,9H2,1-2H3,(H2,16,18). The van der Waals surface area contributed by atoms with Crippen LogP contribution in [0.25, 0.3) is 0 Å². The van der Waals surface area contributed by atoms with E-state index in [1.807, 2.05) is 24.3 Å². The Morgan fingerprint density at radius 1 is 1.47 bits per heavy atom. The molecule has 1 amide bonds. The monoisotopic (exact) mass is 262 g/mol. The summed E-state index contributed by atoms with van der Waals surface area (Å²) in [6.07, 6.45) is 2.45. The molecule has 1 aliphatic carbocycles. The van der Waals surface area contributed by atoms with Gasteiger partial charge in [0.25, 0.3) is 5.91 Å². The van der Waals surface area contributed by atoms with Gasteiger partial charge in [0.05, 0.1) is 0 Å². The van der Waals surface area contributed by atoms with Gasteiger partial charge in [0.15, 0.2) is 6.61 Å². The summed E-state index contributed by atoms with van der Waals surface area (Å²) < 4.78 is 5.29. The molecule has 0 aliphatic heterocycles. The number of carbonyl (C=O) groups is 1. The van der Waals surface area contributed by atoms with Gasteiger partial charge < -0.3 is 15.8 Å². The molecule has 0 aromatic heterocycles. The predicted molar refractivity (Wildman–Crippen MR) is 76.1 cm³/mol. The molecule has 0 saturated heterocycles. The smallest absolute Gasteiger partial charge is 0.255 e. The van der Waals surface area contributed by atoms with Crippen molar-refractivity contribution in [2.75, 3.05) is 11.9 Å². The van der Waals surface area contributed by atoms with Crippen molar-refractivity contribution in [3.63, 3.8) is 0 Å². The average molecular weight is 262 g/mol. The van der Waals surface area contributed by atoms with Crippen molar-refractivity contribution in [3.05, 3.63) is 24.3 Å². The Kier molecular flexibility index (Phi) is 4.30. The Morgan fingerprint density at radius 2 is 2.21 bits per heavy atom. The van der Waals surface area contributed by atoms with Gasteiger partial charge in [-0.15, -0.1) is 0 Å². The second-order valence-corrected chi connectivity index (χ2v) is 5.60. The number of hydrogen-bond donors (Lipinski definition) is 2. The molecule has 4 heteroatoms. The lowest BCUT2D eigenvalue weighted by Crippen LogP contribution is -2.37.